The molecule has 1 aliphatic heterocycles. The highest BCUT2D eigenvalue weighted by molar-refractivity contribution is 5.97. The van der Waals surface area contributed by atoms with Crippen molar-refractivity contribution < 1.29 is 4.79 Å². The summed E-state index contributed by atoms with van der Waals surface area (Å²) >= 11 is 0. The van der Waals surface area contributed by atoms with Crippen LogP contribution in [0.15, 0.2) is 36.5 Å². The molecule has 1 amide bonds. The van der Waals surface area contributed by atoms with Crippen LogP contribution in [0, 0.1) is 0 Å². The van der Waals surface area contributed by atoms with E-state index in [2.05, 4.69) is 33.4 Å². The van der Waals surface area contributed by atoms with Crippen molar-refractivity contribution in [3.05, 3.63) is 47.8 Å². The van der Waals surface area contributed by atoms with Crippen molar-refractivity contribution in [1.82, 2.24) is 9.97 Å². The van der Waals surface area contributed by atoms with Crippen LogP contribution in [-0.2, 0) is 17.6 Å². The van der Waals surface area contributed by atoms with Crippen LogP contribution in [0.3, 0.4) is 0 Å². The molecule has 1 fully saturated rings. The first-order valence-corrected chi connectivity index (χ1v) is 10.8. The number of hydrogen-bond donors (Lipinski definition) is 2. The molecule has 0 unspecified atom stereocenters. The first kappa shape index (κ1) is 21.5. The fourth-order valence-electron chi connectivity index (χ4n) is 4.79. The predicted molar refractivity (Wildman–Crippen MR) is 128 cm³/mol. The van der Waals surface area contributed by atoms with E-state index in [4.69, 9.17) is 10.7 Å². The Morgan fingerprint density at radius 1 is 1.16 bits per heavy atom. The van der Waals surface area contributed by atoms with Crippen molar-refractivity contribution in [2.45, 2.75) is 45.1 Å². The Bertz CT molecular complexity index is 1130. The van der Waals surface area contributed by atoms with Gasteiger partial charge in [0, 0.05) is 43.3 Å². The van der Waals surface area contributed by atoms with Crippen LogP contribution in [-0.4, -0.2) is 35.0 Å². The molecule has 31 heavy (non-hydrogen) atoms. The van der Waals surface area contributed by atoms with E-state index >= 15 is 0 Å². The molecule has 1 aliphatic carbocycles. The normalized spacial score (nSPS) is 17.9. The molecule has 3 heterocycles. The average Bonchev–Trinajstić information content (AvgIpc) is 3.17. The summed E-state index contributed by atoms with van der Waals surface area (Å²) in [5.41, 5.74) is 13.4. The number of nitrogens with zero attached hydrogens (tertiary/aromatic N) is 3. The first-order chi connectivity index (χ1) is 14.6. The number of rotatable bonds is 3. The maximum atomic E-state index is 11.4. The van der Waals surface area contributed by atoms with Gasteiger partial charge in [-0.1, -0.05) is 6.07 Å². The lowest BCUT2D eigenvalue weighted by atomic mass is 9.91. The van der Waals surface area contributed by atoms with Crippen LogP contribution in [0.5, 0.6) is 0 Å². The number of hydrogen-bond acceptors (Lipinski definition) is 5. The van der Waals surface area contributed by atoms with Crippen molar-refractivity contribution >= 4 is 40.7 Å². The number of anilines is 2. The number of amides is 1. The van der Waals surface area contributed by atoms with Gasteiger partial charge >= 0.3 is 0 Å². The van der Waals surface area contributed by atoms with Gasteiger partial charge in [-0.25, -0.2) is 4.98 Å². The average molecular weight is 438 g/mol. The summed E-state index contributed by atoms with van der Waals surface area (Å²) in [5, 5.41) is 3.96. The Kier molecular flexibility index (Phi) is 6.12. The topological polar surface area (TPSA) is 84.1 Å². The zero-order valence-corrected chi connectivity index (χ0v) is 18.5. The molecular formula is C24H28ClN5O. The van der Waals surface area contributed by atoms with Crippen LogP contribution >= 0.6 is 12.4 Å². The largest absolute Gasteiger partial charge is 0.369 e. The molecule has 0 spiro atoms. The van der Waals surface area contributed by atoms with E-state index in [1.165, 1.54) is 42.1 Å². The highest BCUT2D eigenvalue weighted by atomic mass is 35.5. The summed E-state index contributed by atoms with van der Waals surface area (Å²) in [6.07, 6.45) is 7.34. The summed E-state index contributed by atoms with van der Waals surface area (Å²) < 4.78 is 0. The van der Waals surface area contributed by atoms with Gasteiger partial charge in [0.2, 0.25) is 5.91 Å². The molecule has 0 saturated carbocycles. The van der Waals surface area contributed by atoms with Gasteiger partial charge in [-0.15, -0.1) is 12.4 Å². The molecule has 0 radical (unpaired) electrons. The van der Waals surface area contributed by atoms with Crippen LogP contribution < -0.4 is 16.0 Å². The number of aryl methyl sites for hydroxylation is 1. The van der Waals surface area contributed by atoms with E-state index in [0.29, 0.717) is 5.82 Å². The van der Waals surface area contributed by atoms with E-state index < -0.39 is 0 Å². The number of nitrogens with one attached hydrogen (secondary N) is 1. The molecule has 1 saturated heterocycles. The zero-order valence-electron chi connectivity index (χ0n) is 17.7. The summed E-state index contributed by atoms with van der Waals surface area (Å²) in [4.78, 5) is 23.2. The van der Waals surface area contributed by atoms with Crippen LogP contribution in [0.4, 0.5) is 11.5 Å². The van der Waals surface area contributed by atoms with Gasteiger partial charge in [0.25, 0.3) is 0 Å². The Labute approximate surface area is 188 Å². The third kappa shape index (κ3) is 4.23. The zero-order chi connectivity index (χ0) is 20.7. The molecule has 5 rings (SSSR count). The second-order valence-electron chi connectivity index (χ2n) is 8.43. The van der Waals surface area contributed by atoms with Gasteiger partial charge in [-0.05, 0) is 73.1 Å². The van der Waals surface area contributed by atoms with Gasteiger partial charge in [0.15, 0.2) is 0 Å². The van der Waals surface area contributed by atoms with Crippen molar-refractivity contribution in [2.24, 2.45) is 5.73 Å². The number of benzene rings is 1. The quantitative estimate of drug-likeness (QED) is 0.644. The lowest BCUT2D eigenvalue weighted by Crippen LogP contribution is -2.28. The number of fused-ring (bicyclic) bond motifs is 2. The standard InChI is InChI=1S/C24H27N5O.ClH/c1-15(30)27-23-13-17(8-10-26-23)16-6-7-22-20(12-16)24(29-11-9-18(25)14-29)19-4-2-3-5-21(19)28-22;/h6-8,10,12-13,18H,2-5,9,11,14,25H2,1H3,(H,26,27,30);1H/t18-;/m0./s1. The van der Waals surface area contributed by atoms with Gasteiger partial charge < -0.3 is 16.0 Å². The predicted octanol–water partition coefficient (Wildman–Crippen LogP) is 4.09. The van der Waals surface area contributed by atoms with E-state index in [1.807, 2.05) is 12.1 Å². The minimum atomic E-state index is -0.123. The fraction of sp³-hybridized carbons (Fsp3) is 0.375. The summed E-state index contributed by atoms with van der Waals surface area (Å²) in [6, 6.07) is 10.6. The van der Waals surface area contributed by atoms with Gasteiger partial charge in [0.1, 0.15) is 5.82 Å². The molecule has 2 aromatic heterocycles. The molecule has 7 heteroatoms. The molecule has 0 bridgehead atoms. The smallest absolute Gasteiger partial charge is 0.222 e. The number of carbonyl (C=O) groups excluding carboxylic acids is 1. The minimum Gasteiger partial charge on any atom is -0.369 e. The summed E-state index contributed by atoms with van der Waals surface area (Å²) in [6.45, 7) is 3.39. The highest BCUT2D eigenvalue weighted by Crippen LogP contribution is 2.39. The maximum absolute atomic E-state index is 11.4. The van der Waals surface area contributed by atoms with Crippen molar-refractivity contribution in [2.75, 3.05) is 23.3 Å². The van der Waals surface area contributed by atoms with Gasteiger partial charge in [-0.2, -0.15) is 0 Å². The first-order valence-electron chi connectivity index (χ1n) is 10.8. The number of halogens is 1. The van der Waals surface area contributed by atoms with Crippen molar-refractivity contribution in [3.8, 4) is 11.1 Å². The summed E-state index contributed by atoms with van der Waals surface area (Å²) in [5.74, 6) is 0.441. The highest BCUT2D eigenvalue weighted by Gasteiger charge is 2.27. The number of nitrogens with two attached hydrogens (primary N) is 1. The second-order valence-corrected chi connectivity index (χ2v) is 8.43. The van der Waals surface area contributed by atoms with Crippen LogP contribution in [0.1, 0.15) is 37.4 Å². The van der Waals surface area contributed by atoms with Crippen LogP contribution in [0.2, 0.25) is 0 Å². The Hall–Kier alpha value is -2.70. The lowest BCUT2D eigenvalue weighted by molar-refractivity contribution is -0.114. The summed E-state index contributed by atoms with van der Waals surface area (Å²) in [7, 11) is 0. The van der Waals surface area contributed by atoms with Crippen LogP contribution in [0.25, 0.3) is 22.0 Å². The molecule has 3 aromatic rings. The molecule has 1 atom stereocenters. The van der Waals surface area contributed by atoms with E-state index in [1.54, 1.807) is 6.20 Å². The third-order valence-corrected chi connectivity index (χ3v) is 6.17. The molecule has 162 valence electrons. The molecule has 3 N–H and O–H groups in total. The van der Waals surface area contributed by atoms with Gasteiger partial charge in [0.05, 0.1) is 11.2 Å². The fourth-order valence-corrected chi connectivity index (χ4v) is 4.79. The third-order valence-electron chi connectivity index (χ3n) is 6.17. The number of aromatic nitrogens is 2. The number of carbonyl (C=O) groups is 1. The van der Waals surface area contributed by atoms with E-state index in [9.17, 15) is 4.79 Å². The van der Waals surface area contributed by atoms with Crippen molar-refractivity contribution in [1.29, 1.82) is 0 Å². The second kappa shape index (κ2) is 8.81. The molecule has 1 aromatic carbocycles. The Morgan fingerprint density at radius 2 is 1.97 bits per heavy atom. The monoisotopic (exact) mass is 437 g/mol. The van der Waals surface area contributed by atoms with E-state index in [0.717, 1.165) is 49.0 Å². The van der Waals surface area contributed by atoms with Gasteiger partial charge in [-0.3, -0.25) is 9.78 Å². The lowest BCUT2D eigenvalue weighted by Gasteiger charge is -2.28. The van der Waals surface area contributed by atoms with E-state index in [-0.39, 0.29) is 24.4 Å². The molecule has 6 nitrogen and oxygen atoms in total. The number of pyridine rings is 2. The van der Waals surface area contributed by atoms with Crippen molar-refractivity contribution in [3.63, 3.8) is 0 Å². The molecule has 2 aliphatic rings. The Morgan fingerprint density at radius 3 is 2.74 bits per heavy atom. The molecular weight excluding hydrogens is 410 g/mol. The Balaban J connectivity index is 0.00000231. The maximum Gasteiger partial charge on any atom is 0.222 e. The minimum absolute atomic E-state index is 0. The SMILES string of the molecule is CC(=O)Nc1cc(-c2ccc3nc4c(c(N5CC[C@H](N)C5)c3c2)CCCC4)ccn1.Cl.